The van der Waals surface area contributed by atoms with Gasteiger partial charge in [-0.05, 0) is 62.5 Å². The van der Waals surface area contributed by atoms with Crippen molar-refractivity contribution in [2.24, 2.45) is 39.6 Å². The van der Waals surface area contributed by atoms with Crippen molar-refractivity contribution in [2.45, 2.75) is 157 Å². The predicted octanol–water partition coefficient (Wildman–Crippen LogP) is -2.06. The number of rotatable bonds is 19. The Bertz CT molecular complexity index is 2550. The quantitative estimate of drug-likeness (QED) is 0.0311. The zero-order chi connectivity index (χ0) is 57.1. The second-order valence-corrected chi connectivity index (χ2v) is 22.9. The number of aromatic nitrogens is 1. The van der Waals surface area contributed by atoms with Gasteiger partial charge in [0.2, 0.25) is 65.0 Å². The standard InChI is InChI=1S/C50H75N15O11S2/c1-3-27(2)41-47(75)61-32(15-16-37(51)66)43(71)62-34(22-38(52)67)44(72)63-35(48(76)65-20-10-14-36(65)46(74)60-31(13-9-19-56-49(54)55)42(70)58-25-39(53)68)26-77-78-50(17-7-4-8-18-50)23-40(69)59-33(45(73)64-41)21-28-24-57-30-12-6-5-11-29(28)30/h5-6,11-12,24,27,31-36,41,57H,3-4,7-10,13-23,25-26H2,1-2H3,(H2,51,66)(H2,52,67)(H2,53,68)(H,58,70)(H,59,69)(H,60,74)(H,61,75)(H,62,71)(H,63,72)(H,64,73)(H4,54,55,56)/t27-,31-,32?,33+,34-,35-,36-,41-/m0/s1. The number of primary amides is 3. The minimum atomic E-state index is -1.75. The molecule has 1 spiro atoms. The first-order valence-electron chi connectivity index (χ1n) is 26.3. The normalized spacial score (nSPS) is 23.5. The van der Waals surface area contributed by atoms with Crippen LogP contribution in [0.5, 0.6) is 0 Å². The first kappa shape index (κ1) is 61.7. The lowest BCUT2D eigenvalue weighted by Crippen LogP contribution is -2.61. The number of carbonyl (C=O) groups is 11. The molecule has 11 amide bonds. The smallest absolute Gasteiger partial charge is 0.246 e. The number of carbonyl (C=O) groups excluding carboxylic acids is 11. The average Bonchev–Trinajstić information content (AvgIpc) is 4.07. The molecule has 1 aromatic heterocycles. The van der Waals surface area contributed by atoms with Gasteiger partial charge in [-0.1, -0.05) is 79.3 Å². The Morgan fingerprint density at radius 3 is 2.19 bits per heavy atom. The van der Waals surface area contributed by atoms with Gasteiger partial charge in [-0.3, -0.25) is 57.7 Å². The summed E-state index contributed by atoms with van der Waals surface area (Å²) in [6.07, 6.45) is 4.84. The molecule has 2 aromatic rings. The zero-order valence-corrected chi connectivity index (χ0v) is 45.7. The topological polar surface area (TPSA) is 433 Å². The lowest BCUT2D eigenvalue weighted by Gasteiger charge is -2.37. The SMILES string of the molecule is CC[C@H](C)[C@@H]1NC(=O)[C@@H](Cc2c[nH]c3ccccc23)NC(=O)CC2(CCCCC2)SSC[C@@H](C(=O)N2CCC[C@H]2C(=O)N[C@@H](CCCN=C(N)N)C(=O)NCC(N)=O)NC(=O)[C@H](CC(N)=O)NC(=O)C(CCC(N)=O)NC1=O. The average molecular weight is 1130 g/mol. The van der Waals surface area contributed by atoms with Crippen LogP contribution in [-0.4, -0.2) is 153 Å². The maximum atomic E-state index is 14.9. The number of likely N-dealkylation sites (tertiary alicyclic amines) is 1. The number of benzene rings is 1. The number of amides is 11. The monoisotopic (exact) mass is 1130 g/mol. The number of H-pyrrole nitrogens is 1. The predicted molar refractivity (Wildman–Crippen MR) is 293 cm³/mol. The van der Waals surface area contributed by atoms with Crippen molar-refractivity contribution >= 4 is 103 Å². The molecule has 3 aliphatic rings. The van der Waals surface area contributed by atoms with Crippen LogP contribution in [0.4, 0.5) is 0 Å². The van der Waals surface area contributed by atoms with Gasteiger partial charge in [0.1, 0.15) is 42.3 Å². The van der Waals surface area contributed by atoms with Crippen molar-refractivity contribution in [3.8, 4) is 0 Å². The molecule has 2 aliphatic heterocycles. The van der Waals surface area contributed by atoms with Crippen molar-refractivity contribution in [3.05, 3.63) is 36.0 Å². The Labute approximate surface area is 459 Å². The third-order valence-electron chi connectivity index (χ3n) is 14.1. The minimum Gasteiger partial charge on any atom is -0.370 e. The number of hydrogen-bond donors (Lipinski definition) is 13. The molecule has 1 saturated carbocycles. The Morgan fingerprint density at radius 1 is 0.821 bits per heavy atom. The van der Waals surface area contributed by atoms with Gasteiger partial charge in [-0.15, -0.1) is 0 Å². The zero-order valence-electron chi connectivity index (χ0n) is 44.0. The molecule has 0 radical (unpaired) electrons. The van der Waals surface area contributed by atoms with Gasteiger partial charge < -0.3 is 75.8 Å². The Morgan fingerprint density at radius 2 is 1.51 bits per heavy atom. The Balaban J connectivity index is 1.53. The lowest BCUT2D eigenvalue weighted by atomic mass is 9.85. The molecule has 26 nitrogen and oxygen atoms in total. The van der Waals surface area contributed by atoms with Gasteiger partial charge in [-0.2, -0.15) is 0 Å². The van der Waals surface area contributed by atoms with E-state index in [9.17, 15) is 52.7 Å². The van der Waals surface area contributed by atoms with Crippen molar-refractivity contribution in [2.75, 3.05) is 25.4 Å². The van der Waals surface area contributed by atoms with E-state index in [1.54, 1.807) is 20.0 Å². The number of nitrogens with two attached hydrogens (primary N) is 5. The van der Waals surface area contributed by atoms with Crippen LogP contribution in [0.15, 0.2) is 35.5 Å². The van der Waals surface area contributed by atoms with Gasteiger partial charge in [0, 0.05) is 60.0 Å². The number of hydrogen-bond acceptors (Lipinski definition) is 14. The fraction of sp³-hybridized carbons (Fsp3) is 0.600. The van der Waals surface area contributed by atoms with Crippen LogP contribution in [0.2, 0.25) is 0 Å². The molecular formula is C50H75N15O11S2. The number of aromatic amines is 1. The van der Waals surface area contributed by atoms with Crippen LogP contribution in [0, 0.1) is 5.92 Å². The van der Waals surface area contributed by atoms with E-state index in [0.29, 0.717) is 25.7 Å². The Kier molecular flexibility index (Phi) is 23.4. The highest BCUT2D eigenvalue weighted by atomic mass is 33.1. The second-order valence-electron chi connectivity index (χ2n) is 20.1. The molecule has 1 unspecified atom stereocenters. The summed E-state index contributed by atoms with van der Waals surface area (Å²) in [6.45, 7) is 3.14. The highest BCUT2D eigenvalue weighted by Crippen LogP contribution is 2.48. The fourth-order valence-electron chi connectivity index (χ4n) is 9.72. The summed E-state index contributed by atoms with van der Waals surface area (Å²) >= 11 is 0. The highest BCUT2D eigenvalue weighted by Gasteiger charge is 2.42. The van der Waals surface area contributed by atoms with E-state index in [1.165, 1.54) is 26.5 Å². The molecular weight excluding hydrogens is 1050 g/mol. The van der Waals surface area contributed by atoms with Gasteiger partial charge in [0.15, 0.2) is 5.96 Å². The maximum Gasteiger partial charge on any atom is 0.246 e. The molecule has 0 bridgehead atoms. The number of fused-ring (bicyclic) bond motifs is 1. The summed E-state index contributed by atoms with van der Waals surface area (Å²) < 4.78 is -0.726. The molecule has 2 saturated heterocycles. The van der Waals surface area contributed by atoms with Gasteiger partial charge >= 0.3 is 0 Å². The van der Waals surface area contributed by atoms with E-state index in [2.05, 4.69) is 47.2 Å². The summed E-state index contributed by atoms with van der Waals surface area (Å²) in [4.78, 5) is 159. The van der Waals surface area contributed by atoms with Crippen LogP contribution in [-0.2, 0) is 59.2 Å². The molecule has 3 fully saturated rings. The summed E-state index contributed by atoms with van der Waals surface area (Å²) in [7, 11) is 2.54. The number of nitrogens with zero attached hydrogens (tertiary/aromatic N) is 2. The number of para-hydroxylation sites is 1. The van der Waals surface area contributed by atoms with E-state index < -0.39 is 137 Å². The minimum absolute atomic E-state index is 0.0243. The van der Waals surface area contributed by atoms with Crippen molar-refractivity contribution in [1.82, 2.24) is 47.1 Å². The molecule has 1 aromatic carbocycles. The van der Waals surface area contributed by atoms with E-state index in [-0.39, 0.29) is 63.3 Å². The second kappa shape index (κ2) is 29.6. The first-order valence-corrected chi connectivity index (χ1v) is 28.6. The van der Waals surface area contributed by atoms with Gasteiger partial charge in [0.05, 0.1) is 13.0 Å². The summed E-state index contributed by atoms with van der Waals surface area (Å²) in [6, 6.07) is -2.17. The number of guanidine groups is 1. The molecule has 28 heteroatoms. The first-order chi connectivity index (χ1) is 37.1. The van der Waals surface area contributed by atoms with Crippen molar-refractivity contribution in [1.29, 1.82) is 0 Å². The molecule has 428 valence electrons. The van der Waals surface area contributed by atoms with Crippen LogP contribution in [0.25, 0.3) is 10.9 Å². The van der Waals surface area contributed by atoms with Gasteiger partial charge in [0.25, 0.3) is 0 Å². The van der Waals surface area contributed by atoms with Crippen molar-refractivity contribution in [3.63, 3.8) is 0 Å². The molecule has 1 aliphatic carbocycles. The molecule has 78 heavy (non-hydrogen) atoms. The van der Waals surface area contributed by atoms with Crippen molar-refractivity contribution < 1.29 is 52.7 Å². The highest BCUT2D eigenvalue weighted by molar-refractivity contribution is 8.77. The Hall–Kier alpha value is -7.10. The van der Waals surface area contributed by atoms with Gasteiger partial charge in [-0.25, -0.2) is 0 Å². The summed E-state index contributed by atoms with van der Waals surface area (Å²) in [5.74, 6) is -9.80. The largest absolute Gasteiger partial charge is 0.370 e. The number of aliphatic imine (C=N–C) groups is 1. The maximum absolute atomic E-state index is 14.9. The van der Waals surface area contributed by atoms with E-state index in [4.69, 9.17) is 28.7 Å². The third kappa shape index (κ3) is 18.3. The van der Waals surface area contributed by atoms with Crippen LogP contribution >= 0.6 is 21.6 Å². The molecule has 3 heterocycles. The molecule has 8 atom stereocenters. The van der Waals surface area contributed by atoms with Crippen LogP contribution < -0.4 is 65.9 Å². The summed E-state index contributed by atoms with van der Waals surface area (Å²) in [5.41, 5.74) is 28.8. The molecule has 18 N–H and O–H groups in total. The fourth-order valence-corrected chi connectivity index (χ4v) is 13.1. The van der Waals surface area contributed by atoms with Crippen LogP contribution in [0.3, 0.4) is 0 Å². The summed E-state index contributed by atoms with van der Waals surface area (Å²) in [5, 5.41) is 19.4. The number of nitrogens with one attached hydrogen (secondary N) is 8. The molecule has 5 rings (SSSR count). The lowest BCUT2D eigenvalue weighted by molar-refractivity contribution is -0.142. The third-order valence-corrected chi connectivity index (χ3v) is 17.4. The van der Waals surface area contributed by atoms with E-state index in [1.807, 2.05) is 24.3 Å². The van der Waals surface area contributed by atoms with Crippen LogP contribution in [0.1, 0.15) is 109 Å². The van der Waals surface area contributed by atoms with E-state index >= 15 is 0 Å². The van der Waals surface area contributed by atoms with E-state index in [0.717, 1.165) is 35.7 Å².